The van der Waals surface area contributed by atoms with E-state index in [4.69, 9.17) is 4.74 Å². The second-order valence-corrected chi connectivity index (χ2v) is 7.88. The van der Waals surface area contributed by atoms with Crippen molar-refractivity contribution in [2.45, 2.75) is 26.3 Å². The molecule has 28 heavy (non-hydrogen) atoms. The van der Waals surface area contributed by atoms with Crippen LogP contribution in [0.5, 0.6) is 5.75 Å². The highest BCUT2D eigenvalue weighted by atomic mass is 32.1. The Balaban J connectivity index is 1.47. The van der Waals surface area contributed by atoms with Gasteiger partial charge < -0.3 is 10.1 Å². The van der Waals surface area contributed by atoms with Crippen LogP contribution in [0.2, 0.25) is 0 Å². The smallest absolute Gasteiger partial charge is 0.263 e. The highest BCUT2D eigenvalue weighted by molar-refractivity contribution is 7.16. The molecule has 6 nitrogen and oxygen atoms in total. The van der Waals surface area contributed by atoms with Crippen molar-refractivity contribution in [3.63, 3.8) is 0 Å². The second kappa shape index (κ2) is 7.98. The fourth-order valence-electron chi connectivity index (χ4n) is 2.76. The number of nitrogens with one attached hydrogen (secondary N) is 1. The lowest BCUT2D eigenvalue weighted by Crippen LogP contribution is -2.22. The number of aryl methyl sites for hydroxylation is 1. The minimum absolute atomic E-state index is 0.192. The molecule has 1 aromatic carbocycles. The molecule has 1 aliphatic carbocycles. The molecule has 0 spiro atoms. The molecule has 1 amide bonds. The van der Waals surface area contributed by atoms with Gasteiger partial charge in [0.05, 0.1) is 12.3 Å². The van der Waals surface area contributed by atoms with E-state index in [1.807, 2.05) is 30.3 Å². The molecular weight excluding hydrogens is 374 g/mol. The van der Waals surface area contributed by atoms with Gasteiger partial charge in [-0.15, -0.1) is 0 Å². The number of carbonyl (C=O) groups is 1. The van der Waals surface area contributed by atoms with Gasteiger partial charge in [-0.05, 0) is 37.3 Å². The number of thiazole rings is 1. The normalized spacial score (nSPS) is 13.3. The Morgan fingerprint density at radius 2 is 2.07 bits per heavy atom. The van der Waals surface area contributed by atoms with Crippen molar-refractivity contribution in [1.29, 1.82) is 0 Å². The molecule has 0 aliphatic heterocycles. The highest BCUT2D eigenvalue weighted by Crippen LogP contribution is 2.29. The number of carbonyl (C=O) groups excluding carboxylic acids is 1. The standard InChI is InChI=1S/C21H21N3O3S/c1-14-19(20(26)22-12-15-5-3-2-4-6-15)28-21(23-14)24-10-9-17(11-18(24)25)27-13-16-7-8-16/h2-6,9-11,16H,7-8,12-13H2,1H3,(H,22,26). The van der Waals surface area contributed by atoms with Gasteiger partial charge in [0, 0.05) is 18.8 Å². The summed E-state index contributed by atoms with van der Waals surface area (Å²) in [6, 6.07) is 12.9. The topological polar surface area (TPSA) is 73.2 Å². The molecule has 3 aromatic rings. The largest absolute Gasteiger partial charge is 0.493 e. The van der Waals surface area contributed by atoms with Gasteiger partial charge in [-0.3, -0.25) is 14.2 Å². The summed E-state index contributed by atoms with van der Waals surface area (Å²) in [4.78, 5) is 29.9. The van der Waals surface area contributed by atoms with E-state index in [1.54, 1.807) is 19.2 Å². The number of benzene rings is 1. The minimum Gasteiger partial charge on any atom is -0.493 e. The zero-order valence-electron chi connectivity index (χ0n) is 15.6. The zero-order chi connectivity index (χ0) is 19.5. The fraction of sp³-hybridized carbons (Fsp3) is 0.286. The van der Waals surface area contributed by atoms with Gasteiger partial charge in [0.25, 0.3) is 11.5 Å². The number of pyridine rings is 1. The molecule has 2 heterocycles. The lowest BCUT2D eigenvalue weighted by atomic mass is 10.2. The van der Waals surface area contributed by atoms with Gasteiger partial charge in [0.15, 0.2) is 5.13 Å². The quantitative estimate of drug-likeness (QED) is 0.666. The molecule has 1 N–H and O–H groups in total. The van der Waals surface area contributed by atoms with E-state index in [0.717, 1.165) is 5.56 Å². The average Bonchev–Trinajstić information content (AvgIpc) is 3.46. The first-order chi connectivity index (χ1) is 13.6. The van der Waals surface area contributed by atoms with Crippen molar-refractivity contribution in [1.82, 2.24) is 14.9 Å². The van der Waals surface area contributed by atoms with Crippen LogP contribution in [-0.4, -0.2) is 22.1 Å². The Labute approximate surface area is 166 Å². The van der Waals surface area contributed by atoms with Crippen LogP contribution in [-0.2, 0) is 6.54 Å². The Morgan fingerprint density at radius 3 is 2.79 bits per heavy atom. The molecule has 1 fully saturated rings. The summed E-state index contributed by atoms with van der Waals surface area (Å²) in [5, 5.41) is 3.38. The zero-order valence-corrected chi connectivity index (χ0v) is 16.4. The van der Waals surface area contributed by atoms with Crippen molar-refractivity contribution in [2.24, 2.45) is 5.92 Å². The second-order valence-electron chi connectivity index (χ2n) is 6.90. The van der Waals surface area contributed by atoms with Gasteiger partial charge >= 0.3 is 0 Å². The number of ether oxygens (including phenoxy) is 1. The highest BCUT2D eigenvalue weighted by Gasteiger charge is 2.22. The molecule has 2 aromatic heterocycles. The molecule has 0 radical (unpaired) electrons. The van der Waals surface area contributed by atoms with Crippen LogP contribution in [0.25, 0.3) is 5.13 Å². The molecular formula is C21H21N3O3S. The van der Waals surface area contributed by atoms with Crippen LogP contribution in [0.4, 0.5) is 0 Å². The number of hydrogen-bond acceptors (Lipinski definition) is 5. The first-order valence-electron chi connectivity index (χ1n) is 9.25. The Morgan fingerprint density at radius 1 is 1.29 bits per heavy atom. The van der Waals surface area contributed by atoms with E-state index in [-0.39, 0.29) is 11.5 Å². The maximum atomic E-state index is 12.5. The van der Waals surface area contributed by atoms with E-state index in [2.05, 4.69) is 10.3 Å². The van der Waals surface area contributed by atoms with Crippen molar-refractivity contribution in [3.8, 4) is 10.9 Å². The molecule has 7 heteroatoms. The number of rotatable bonds is 7. The first-order valence-corrected chi connectivity index (χ1v) is 10.1. The van der Waals surface area contributed by atoms with Crippen LogP contribution in [0.15, 0.2) is 53.5 Å². The van der Waals surface area contributed by atoms with Crippen LogP contribution >= 0.6 is 11.3 Å². The Bertz CT molecular complexity index is 1040. The minimum atomic E-state index is -0.224. The van der Waals surface area contributed by atoms with Crippen molar-refractivity contribution >= 4 is 17.2 Å². The van der Waals surface area contributed by atoms with Gasteiger partial charge in [-0.25, -0.2) is 4.98 Å². The SMILES string of the molecule is Cc1nc(-n2ccc(OCC3CC3)cc2=O)sc1C(=O)NCc1ccccc1. The van der Waals surface area contributed by atoms with Gasteiger partial charge in [-0.1, -0.05) is 41.7 Å². The van der Waals surface area contributed by atoms with E-state index in [1.165, 1.54) is 34.8 Å². The molecule has 0 atom stereocenters. The van der Waals surface area contributed by atoms with E-state index in [9.17, 15) is 9.59 Å². The average molecular weight is 395 g/mol. The number of amides is 1. The maximum Gasteiger partial charge on any atom is 0.263 e. The summed E-state index contributed by atoms with van der Waals surface area (Å²) in [5.74, 6) is 1.01. The maximum absolute atomic E-state index is 12.5. The number of aromatic nitrogens is 2. The molecule has 0 bridgehead atoms. The molecule has 0 saturated heterocycles. The molecule has 1 aliphatic rings. The van der Waals surface area contributed by atoms with Crippen molar-refractivity contribution in [2.75, 3.05) is 6.61 Å². The summed E-state index contributed by atoms with van der Waals surface area (Å²) < 4.78 is 7.09. The summed E-state index contributed by atoms with van der Waals surface area (Å²) in [7, 11) is 0. The Hall–Kier alpha value is -2.93. The lowest BCUT2D eigenvalue weighted by molar-refractivity contribution is 0.0954. The lowest BCUT2D eigenvalue weighted by Gasteiger charge is -2.06. The Kier molecular flexibility index (Phi) is 5.25. The predicted molar refractivity (Wildman–Crippen MR) is 108 cm³/mol. The van der Waals surface area contributed by atoms with Gasteiger partial charge in [0.1, 0.15) is 10.6 Å². The van der Waals surface area contributed by atoms with Crippen LogP contribution in [0.1, 0.15) is 33.8 Å². The molecule has 1 saturated carbocycles. The van der Waals surface area contributed by atoms with E-state index in [0.29, 0.717) is 40.5 Å². The molecule has 0 unspecified atom stereocenters. The summed E-state index contributed by atoms with van der Waals surface area (Å²) >= 11 is 1.20. The molecule has 144 valence electrons. The monoisotopic (exact) mass is 395 g/mol. The van der Waals surface area contributed by atoms with Crippen molar-refractivity contribution < 1.29 is 9.53 Å². The van der Waals surface area contributed by atoms with Crippen molar-refractivity contribution in [3.05, 3.63) is 75.1 Å². The first kappa shape index (κ1) is 18.4. The van der Waals surface area contributed by atoms with Crippen LogP contribution < -0.4 is 15.6 Å². The summed E-state index contributed by atoms with van der Waals surface area (Å²) in [6.07, 6.45) is 4.05. The van der Waals surface area contributed by atoms with Crippen LogP contribution in [0.3, 0.4) is 0 Å². The third-order valence-electron chi connectivity index (χ3n) is 4.57. The summed E-state index contributed by atoms with van der Waals surface area (Å²) in [6.45, 7) is 2.88. The van der Waals surface area contributed by atoms with Gasteiger partial charge in [-0.2, -0.15) is 0 Å². The van der Waals surface area contributed by atoms with Gasteiger partial charge in [0.2, 0.25) is 0 Å². The van der Waals surface area contributed by atoms with E-state index < -0.39 is 0 Å². The van der Waals surface area contributed by atoms with E-state index >= 15 is 0 Å². The number of hydrogen-bond donors (Lipinski definition) is 1. The van der Waals surface area contributed by atoms with Crippen LogP contribution in [0, 0.1) is 12.8 Å². The number of nitrogens with zero attached hydrogens (tertiary/aromatic N) is 2. The molecule has 4 rings (SSSR count). The third-order valence-corrected chi connectivity index (χ3v) is 5.72. The predicted octanol–water partition coefficient (Wildman–Crippen LogP) is 3.32. The summed E-state index contributed by atoms with van der Waals surface area (Å²) in [5.41, 5.74) is 1.40. The third kappa shape index (κ3) is 4.31. The fourth-order valence-corrected chi connectivity index (χ4v) is 3.73.